The Morgan fingerprint density at radius 1 is 0.943 bits per heavy atom. The van der Waals surface area contributed by atoms with Crippen molar-refractivity contribution in [3.63, 3.8) is 0 Å². The summed E-state index contributed by atoms with van der Waals surface area (Å²) in [6.45, 7) is 4.40. The third kappa shape index (κ3) is 5.92. The van der Waals surface area contributed by atoms with Crippen molar-refractivity contribution in [2.75, 3.05) is 11.9 Å². The molecule has 3 aliphatic rings. The summed E-state index contributed by atoms with van der Waals surface area (Å²) < 4.78 is 3.42. The van der Waals surface area contributed by atoms with Gasteiger partial charge in [-0.1, -0.05) is 50.0 Å². The van der Waals surface area contributed by atoms with Crippen LogP contribution in [0.1, 0.15) is 54.2 Å². The minimum Gasteiger partial charge on any atom is -0.371 e. The lowest BCUT2D eigenvalue weighted by molar-refractivity contribution is -0.149. The predicted octanol–water partition coefficient (Wildman–Crippen LogP) is 5.28. The molecule has 11 nitrogen and oxygen atoms in total. The molecule has 0 spiro atoms. The largest absolute Gasteiger partial charge is 0.371 e. The molecule has 11 heteroatoms. The van der Waals surface area contributed by atoms with Crippen LogP contribution in [0, 0.1) is 17.8 Å². The number of benzene rings is 3. The van der Waals surface area contributed by atoms with Crippen molar-refractivity contribution in [2.24, 2.45) is 20.0 Å². The van der Waals surface area contributed by atoms with Crippen molar-refractivity contribution in [2.45, 2.75) is 38.1 Å². The van der Waals surface area contributed by atoms with Crippen LogP contribution in [0.5, 0.6) is 0 Å². The van der Waals surface area contributed by atoms with Crippen LogP contribution < -0.4 is 21.6 Å². The SMILES string of the molecule is CC(C)c1cc(-c2cccc3cc(-c4ccc(C(=O)NCC#Cc5cccc(NC67CC(C6)C(=O)NC7=O)c5)nc4)ncc23)cc2c1n(C)c(=O)n2C. The number of imide groups is 1. The zero-order valence-corrected chi connectivity index (χ0v) is 29.8. The number of nitrogens with one attached hydrogen (secondary N) is 3. The fraction of sp³-hybridized carbons (Fsp3) is 0.238. The Kier molecular flexibility index (Phi) is 8.18. The lowest BCUT2D eigenvalue weighted by atomic mass is 9.64. The third-order valence-corrected chi connectivity index (χ3v) is 10.4. The Morgan fingerprint density at radius 2 is 1.75 bits per heavy atom. The van der Waals surface area contributed by atoms with Gasteiger partial charge in [0.2, 0.25) is 5.91 Å². The molecule has 0 atom stereocenters. The molecule has 3 N–H and O–H groups in total. The highest BCUT2D eigenvalue weighted by atomic mass is 16.2. The number of pyridine rings is 2. The van der Waals surface area contributed by atoms with Crippen molar-refractivity contribution in [3.05, 3.63) is 112 Å². The number of piperidine rings is 2. The summed E-state index contributed by atoms with van der Waals surface area (Å²) in [5.41, 5.74) is 7.45. The Morgan fingerprint density at radius 3 is 2.51 bits per heavy atom. The standard InChI is InChI=1S/C42H37N7O4/c1-24(2)32-17-28(19-36-37(32)49(4)41(53)48(36)3)31-12-6-10-26-18-35(45-23-33(26)31)27-13-14-34(44-22-27)39(51)43-15-7-9-25-8-5-11-30(16-25)47-42-20-29(21-42)38(50)46-40(42)52/h5-6,8,10-14,16-19,22-24,29,47H,15,20-21H2,1-4H3,(H,43,51)(H,46,50,52). The number of hydrogen-bond acceptors (Lipinski definition) is 7. The molecule has 2 bridgehead atoms. The molecular weight excluding hydrogens is 667 g/mol. The number of carbonyl (C=O) groups excluding carboxylic acids is 3. The summed E-state index contributed by atoms with van der Waals surface area (Å²) in [4.78, 5) is 59.1. The highest BCUT2D eigenvalue weighted by Crippen LogP contribution is 2.44. The van der Waals surface area contributed by atoms with Gasteiger partial charge in [-0.15, -0.1) is 0 Å². The van der Waals surface area contributed by atoms with Crippen molar-refractivity contribution in [1.82, 2.24) is 29.7 Å². The lowest BCUT2D eigenvalue weighted by Crippen LogP contribution is -2.69. The predicted molar refractivity (Wildman–Crippen MR) is 204 cm³/mol. The average molecular weight is 704 g/mol. The van der Waals surface area contributed by atoms with Gasteiger partial charge in [-0.2, -0.15) is 0 Å². The molecule has 3 fully saturated rings. The van der Waals surface area contributed by atoms with Gasteiger partial charge in [0.05, 0.1) is 23.3 Å². The summed E-state index contributed by atoms with van der Waals surface area (Å²) in [6.07, 6.45) is 4.49. The van der Waals surface area contributed by atoms with Crippen molar-refractivity contribution >= 4 is 45.2 Å². The van der Waals surface area contributed by atoms with Gasteiger partial charge in [0.15, 0.2) is 0 Å². The van der Waals surface area contributed by atoms with E-state index in [0.29, 0.717) is 12.8 Å². The molecule has 2 saturated heterocycles. The molecule has 1 saturated carbocycles. The van der Waals surface area contributed by atoms with Gasteiger partial charge in [-0.25, -0.2) is 4.79 Å². The van der Waals surface area contributed by atoms with Crippen LogP contribution in [0.4, 0.5) is 5.69 Å². The molecule has 3 amide bonds. The molecule has 0 unspecified atom stereocenters. The molecule has 1 aliphatic carbocycles. The Bertz CT molecular complexity index is 2620. The van der Waals surface area contributed by atoms with Gasteiger partial charge in [-0.05, 0) is 89.4 Å². The van der Waals surface area contributed by atoms with E-state index in [-0.39, 0.29) is 47.5 Å². The molecule has 3 aromatic heterocycles. The second-order valence-electron chi connectivity index (χ2n) is 14.2. The number of imidazole rings is 1. The quantitative estimate of drug-likeness (QED) is 0.152. The first-order chi connectivity index (χ1) is 25.5. The molecule has 2 aliphatic heterocycles. The van der Waals surface area contributed by atoms with Gasteiger partial charge in [0.1, 0.15) is 11.2 Å². The van der Waals surface area contributed by atoms with E-state index in [1.165, 1.54) is 0 Å². The number of nitrogens with zero attached hydrogens (tertiary/aromatic N) is 4. The molecule has 264 valence electrons. The molecular formula is C42H37N7O4. The van der Waals surface area contributed by atoms with Crippen LogP contribution >= 0.6 is 0 Å². The number of rotatable bonds is 7. The topological polar surface area (TPSA) is 140 Å². The number of anilines is 1. The molecule has 53 heavy (non-hydrogen) atoms. The van der Waals surface area contributed by atoms with Crippen molar-refractivity contribution in [3.8, 4) is 34.2 Å². The van der Waals surface area contributed by atoms with Crippen LogP contribution in [0.25, 0.3) is 44.2 Å². The van der Waals surface area contributed by atoms with Crippen molar-refractivity contribution < 1.29 is 14.4 Å². The summed E-state index contributed by atoms with van der Waals surface area (Å²) >= 11 is 0. The molecule has 6 aromatic rings. The molecule has 0 radical (unpaired) electrons. The number of fused-ring (bicyclic) bond motifs is 4. The van der Waals surface area contributed by atoms with Gasteiger partial charge >= 0.3 is 5.69 Å². The minimum absolute atomic E-state index is 0.0501. The Balaban J connectivity index is 0.946. The van der Waals surface area contributed by atoms with E-state index in [1.807, 2.05) is 68.8 Å². The van der Waals surface area contributed by atoms with Crippen LogP contribution in [0.2, 0.25) is 0 Å². The smallest absolute Gasteiger partial charge is 0.328 e. The first-order valence-electron chi connectivity index (χ1n) is 17.6. The Hall–Kier alpha value is -6.54. The van der Waals surface area contributed by atoms with Crippen LogP contribution in [0.15, 0.2) is 90.0 Å². The first kappa shape index (κ1) is 33.6. The fourth-order valence-corrected chi connectivity index (χ4v) is 7.50. The van der Waals surface area contributed by atoms with E-state index in [9.17, 15) is 19.2 Å². The van der Waals surface area contributed by atoms with E-state index in [1.54, 1.807) is 21.4 Å². The monoisotopic (exact) mass is 703 g/mol. The summed E-state index contributed by atoms with van der Waals surface area (Å²) in [5, 5.41) is 10.5. The zero-order chi connectivity index (χ0) is 37.0. The Labute approximate surface area is 305 Å². The number of aromatic nitrogens is 4. The molecule has 9 rings (SSSR count). The van der Waals surface area contributed by atoms with E-state index in [2.05, 4.69) is 64.8 Å². The maximum Gasteiger partial charge on any atom is 0.328 e. The minimum atomic E-state index is -0.755. The van der Waals surface area contributed by atoms with Crippen LogP contribution in [-0.2, 0) is 23.7 Å². The lowest BCUT2D eigenvalue weighted by Gasteiger charge is -2.50. The zero-order valence-electron chi connectivity index (χ0n) is 29.8. The molecule has 5 heterocycles. The number of carbonyl (C=O) groups is 3. The second-order valence-corrected chi connectivity index (χ2v) is 14.2. The normalized spacial score (nSPS) is 17.6. The van der Waals surface area contributed by atoms with Gasteiger partial charge in [-0.3, -0.25) is 38.8 Å². The number of aryl methyl sites for hydroxylation is 2. The average Bonchev–Trinajstić information content (AvgIpc) is 3.36. The molecule has 3 aromatic carbocycles. The maximum atomic E-state index is 12.9. The van der Waals surface area contributed by atoms with E-state index >= 15 is 0 Å². The van der Waals surface area contributed by atoms with Crippen LogP contribution in [0.3, 0.4) is 0 Å². The van der Waals surface area contributed by atoms with Crippen LogP contribution in [-0.4, -0.2) is 48.9 Å². The summed E-state index contributed by atoms with van der Waals surface area (Å²) in [7, 11) is 3.63. The van der Waals surface area contributed by atoms with Gasteiger partial charge < -0.3 is 10.6 Å². The number of amides is 3. The third-order valence-electron chi connectivity index (χ3n) is 10.4. The van der Waals surface area contributed by atoms with Crippen molar-refractivity contribution in [1.29, 1.82) is 0 Å². The summed E-state index contributed by atoms with van der Waals surface area (Å²) in [6, 6.07) is 23.3. The second kappa shape index (κ2) is 12.9. The van der Waals surface area contributed by atoms with Gasteiger partial charge in [0.25, 0.3) is 11.8 Å². The first-order valence-corrected chi connectivity index (χ1v) is 17.6. The van der Waals surface area contributed by atoms with E-state index in [0.717, 1.165) is 61.0 Å². The van der Waals surface area contributed by atoms with E-state index < -0.39 is 5.54 Å². The summed E-state index contributed by atoms with van der Waals surface area (Å²) in [5.74, 6) is 5.29. The highest BCUT2D eigenvalue weighted by molar-refractivity contribution is 6.08. The highest BCUT2D eigenvalue weighted by Gasteiger charge is 2.57. The number of hydrogen-bond donors (Lipinski definition) is 3. The van der Waals surface area contributed by atoms with Gasteiger partial charge in [0, 0.05) is 54.6 Å². The fourth-order valence-electron chi connectivity index (χ4n) is 7.50. The van der Waals surface area contributed by atoms with E-state index in [4.69, 9.17) is 4.98 Å². The maximum absolute atomic E-state index is 12.9.